The van der Waals surface area contributed by atoms with Gasteiger partial charge in [0.2, 0.25) is 0 Å². The smallest absolute Gasteiger partial charge is 0.188 e. The number of hydrogen-bond acceptors (Lipinski definition) is 1. The first-order valence-electron chi connectivity index (χ1n) is 4.27. The maximum absolute atomic E-state index is 11.1. The first kappa shape index (κ1) is 8.05. The van der Waals surface area contributed by atoms with Gasteiger partial charge < -0.3 is 5.21 Å². The molecule has 66 valence electrons. The number of nitrogens with zero attached hydrogens (tertiary/aromatic N) is 1. The largest absolute Gasteiger partial charge is 0.619 e. The lowest BCUT2D eigenvalue weighted by Crippen LogP contribution is -2.24. The summed E-state index contributed by atoms with van der Waals surface area (Å²) in [6.07, 6.45) is 3.21. The van der Waals surface area contributed by atoms with Gasteiger partial charge in [-0.25, -0.2) is 0 Å². The summed E-state index contributed by atoms with van der Waals surface area (Å²) in [7, 11) is 0. The summed E-state index contributed by atoms with van der Waals surface area (Å²) in [5, 5.41) is 13.3. The van der Waals surface area contributed by atoms with E-state index in [1.165, 1.54) is 10.9 Å². The molecule has 2 rings (SSSR count). The van der Waals surface area contributed by atoms with Gasteiger partial charge in [-0.15, -0.1) is 0 Å². The molecule has 0 N–H and O–H groups in total. The molecule has 0 radical (unpaired) electrons. The van der Waals surface area contributed by atoms with E-state index in [0.717, 1.165) is 15.7 Å². The fraction of sp³-hybridized carbons (Fsp3) is 0.182. The van der Waals surface area contributed by atoms with Crippen molar-refractivity contribution in [3.8, 4) is 0 Å². The van der Waals surface area contributed by atoms with Crippen LogP contribution >= 0.6 is 0 Å². The van der Waals surface area contributed by atoms with Crippen LogP contribution in [0.5, 0.6) is 0 Å². The minimum Gasteiger partial charge on any atom is -0.619 e. The van der Waals surface area contributed by atoms with Gasteiger partial charge in [0.15, 0.2) is 12.4 Å². The molecule has 0 spiro atoms. The predicted molar refractivity (Wildman–Crippen MR) is 52.4 cm³/mol. The van der Waals surface area contributed by atoms with Crippen LogP contribution in [0.1, 0.15) is 11.1 Å². The molecule has 1 aromatic carbocycles. The van der Waals surface area contributed by atoms with Crippen molar-refractivity contribution in [3.63, 3.8) is 0 Å². The Morgan fingerprint density at radius 3 is 2.62 bits per heavy atom. The first-order chi connectivity index (χ1) is 6.18. The minimum absolute atomic E-state index is 0.858. The highest BCUT2D eigenvalue weighted by molar-refractivity contribution is 5.86. The second kappa shape index (κ2) is 2.73. The molecule has 1 heterocycles. The molecule has 2 heteroatoms. The zero-order valence-corrected chi connectivity index (χ0v) is 7.74. The van der Waals surface area contributed by atoms with E-state index in [9.17, 15) is 5.21 Å². The van der Waals surface area contributed by atoms with Crippen LogP contribution in [-0.2, 0) is 0 Å². The van der Waals surface area contributed by atoms with Crippen LogP contribution in [0.2, 0.25) is 0 Å². The number of pyridine rings is 1. The van der Waals surface area contributed by atoms with E-state index in [-0.39, 0.29) is 0 Å². The zero-order chi connectivity index (χ0) is 9.42. The summed E-state index contributed by atoms with van der Waals surface area (Å²) >= 11 is 0. The van der Waals surface area contributed by atoms with E-state index in [4.69, 9.17) is 0 Å². The summed E-state index contributed by atoms with van der Waals surface area (Å²) < 4.78 is 0.858. The second-order valence-corrected chi connectivity index (χ2v) is 3.34. The summed E-state index contributed by atoms with van der Waals surface area (Å²) in [6, 6.07) is 5.99. The van der Waals surface area contributed by atoms with Crippen molar-refractivity contribution in [1.82, 2.24) is 0 Å². The molecule has 0 aliphatic heterocycles. The molecule has 0 aliphatic carbocycles. The van der Waals surface area contributed by atoms with E-state index in [2.05, 4.69) is 13.0 Å². The molecular weight excluding hydrogens is 162 g/mol. The second-order valence-electron chi connectivity index (χ2n) is 3.34. The Bertz CT molecular complexity index is 463. The zero-order valence-electron chi connectivity index (χ0n) is 7.74. The summed E-state index contributed by atoms with van der Waals surface area (Å²) in [5.74, 6) is 0. The SMILES string of the molecule is Cc1cccc2c[n+]([O-])cc(C)c12. The molecular formula is C11H11NO. The molecule has 0 saturated carbocycles. The Morgan fingerprint density at radius 2 is 1.85 bits per heavy atom. The van der Waals surface area contributed by atoms with Gasteiger partial charge in [-0.2, -0.15) is 4.73 Å². The van der Waals surface area contributed by atoms with E-state index in [1.54, 1.807) is 12.4 Å². The average Bonchev–Trinajstić information content (AvgIpc) is 2.02. The van der Waals surface area contributed by atoms with Crippen LogP contribution in [0.3, 0.4) is 0 Å². The van der Waals surface area contributed by atoms with Crippen molar-refractivity contribution < 1.29 is 4.73 Å². The van der Waals surface area contributed by atoms with E-state index in [0.29, 0.717) is 0 Å². The fourth-order valence-corrected chi connectivity index (χ4v) is 1.77. The van der Waals surface area contributed by atoms with Gasteiger partial charge in [-0.3, -0.25) is 0 Å². The molecule has 0 atom stereocenters. The quantitative estimate of drug-likeness (QED) is 0.442. The average molecular weight is 173 g/mol. The van der Waals surface area contributed by atoms with Gasteiger partial charge in [0, 0.05) is 10.9 Å². The van der Waals surface area contributed by atoms with Gasteiger partial charge in [-0.1, -0.05) is 12.1 Å². The van der Waals surface area contributed by atoms with Crippen LogP contribution in [-0.4, -0.2) is 0 Å². The van der Waals surface area contributed by atoms with E-state index < -0.39 is 0 Å². The fourth-order valence-electron chi connectivity index (χ4n) is 1.77. The van der Waals surface area contributed by atoms with Gasteiger partial charge in [0.25, 0.3) is 0 Å². The van der Waals surface area contributed by atoms with Crippen LogP contribution in [0.4, 0.5) is 0 Å². The number of hydrogen-bond donors (Lipinski definition) is 0. The third-order valence-corrected chi connectivity index (χ3v) is 2.29. The Morgan fingerprint density at radius 1 is 1.08 bits per heavy atom. The van der Waals surface area contributed by atoms with Crippen molar-refractivity contribution in [2.45, 2.75) is 13.8 Å². The van der Waals surface area contributed by atoms with Crippen LogP contribution in [0.15, 0.2) is 30.6 Å². The highest BCUT2D eigenvalue weighted by atomic mass is 16.5. The Hall–Kier alpha value is -1.57. The molecule has 0 amide bonds. The molecule has 0 bridgehead atoms. The molecule has 0 saturated heterocycles. The topological polar surface area (TPSA) is 26.9 Å². The number of benzene rings is 1. The Kier molecular flexibility index (Phi) is 1.69. The molecule has 13 heavy (non-hydrogen) atoms. The normalized spacial score (nSPS) is 10.6. The van der Waals surface area contributed by atoms with Crippen molar-refractivity contribution >= 4 is 10.8 Å². The van der Waals surface area contributed by atoms with E-state index >= 15 is 0 Å². The van der Waals surface area contributed by atoms with Crippen LogP contribution in [0, 0.1) is 19.1 Å². The predicted octanol–water partition coefficient (Wildman–Crippen LogP) is 2.09. The maximum Gasteiger partial charge on any atom is 0.188 e. The van der Waals surface area contributed by atoms with E-state index in [1.807, 2.05) is 19.1 Å². The van der Waals surface area contributed by atoms with Crippen LogP contribution in [0.25, 0.3) is 10.8 Å². The Labute approximate surface area is 77.0 Å². The third-order valence-electron chi connectivity index (χ3n) is 2.29. The van der Waals surface area contributed by atoms with Gasteiger partial charge >= 0.3 is 0 Å². The van der Waals surface area contributed by atoms with Gasteiger partial charge in [0.1, 0.15) is 0 Å². The molecule has 0 unspecified atom stereocenters. The number of fused-ring (bicyclic) bond motifs is 1. The molecule has 0 fully saturated rings. The maximum atomic E-state index is 11.1. The Balaban J connectivity index is 2.94. The molecule has 1 aromatic heterocycles. The highest BCUT2D eigenvalue weighted by Crippen LogP contribution is 2.19. The molecule has 0 aliphatic rings. The first-order valence-corrected chi connectivity index (χ1v) is 4.27. The minimum atomic E-state index is 0.858. The monoisotopic (exact) mass is 173 g/mol. The third kappa shape index (κ3) is 1.24. The number of aryl methyl sites for hydroxylation is 2. The van der Waals surface area contributed by atoms with Gasteiger partial charge in [0.05, 0.1) is 0 Å². The van der Waals surface area contributed by atoms with Crippen molar-refractivity contribution in [1.29, 1.82) is 0 Å². The number of aromatic nitrogens is 1. The van der Waals surface area contributed by atoms with Crippen LogP contribution < -0.4 is 4.73 Å². The lowest BCUT2D eigenvalue weighted by Gasteiger charge is -2.04. The summed E-state index contributed by atoms with van der Waals surface area (Å²) in [5.41, 5.74) is 2.25. The van der Waals surface area contributed by atoms with Crippen molar-refractivity contribution in [2.75, 3.05) is 0 Å². The highest BCUT2D eigenvalue weighted by Gasteiger charge is 2.04. The summed E-state index contributed by atoms with van der Waals surface area (Å²) in [6.45, 7) is 4.02. The molecule has 2 nitrogen and oxygen atoms in total. The lowest BCUT2D eigenvalue weighted by atomic mass is 10.0. The van der Waals surface area contributed by atoms with Gasteiger partial charge in [-0.05, 0) is 30.9 Å². The van der Waals surface area contributed by atoms with Crippen molar-refractivity contribution in [2.24, 2.45) is 0 Å². The molecule has 2 aromatic rings. The summed E-state index contributed by atoms with van der Waals surface area (Å²) in [4.78, 5) is 0. The lowest BCUT2D eigenvalue weighted by molar-refractivity contribution is -0.604. The standard InChI is InChI=1S/C11H11NO/c1-8-4-3-5-10-7-12(13)6-9(2)11(8)10/h3-7H,1-2H3. The van der Waals surface area contributed by atoms with Crippen molar-refractivity contribution in [3.05, 3.63) is 46.9 Å². The number of rotatable bonds is 0.